The Morgan fingerprint density at radius 2 is 1.33 bits per heavy atom. The molecule has 0 aromatic heterocycles. The molecule has 0 saturated heterocycles. The maximum Gasteiger partial charge on any atom is 0.0449 e. The van der Waals surface area contributed by atoms with E-state index in [-0.39, 0.29) is 0 Å². The van der Waals surface area contributed by atoms with Crippen molar-refractivity contribution in [3.63, 3.8) is 0 Å². The van der Waals surface area contributed by atoms with Crippen LogP contribution in [0.15, 0.2) is 54.6 Å². The molecule has 2 aromatic rings. The van der Waals surface area contributed by atoms with Crippen molar-refractivity contribution in [2.75, 3.05) is 0 Å². The third-order valence-corrected chi connectivity index (χ3v) is 3.21. The zero-order valence-corrected chi connectivity index (χ0v) is 11.5. The van der Waals surface area contributed by atoms with E-state index in [4.69, 9.17) is 12.2 Å². The normalized spacial score (nSPS) is 10.8. The minimum absolute atomic E-state index is 0.871. The van der Waals surface area contributed by atoms with Gasteiger partial charge in [0.05, 0.1) is 0 Å². The Bertz CT molecular complexity index is 560. The first-order chi connectivity index (χ1) is 8.65. The van der Waals surface area contributed by atoms with E-state index in [1.807, 2.05) is 6.08 Å². The topological polar surface area (TPSA) is 0 Å². The van der Waals surface area contributed by atoms with Crippen molar-refractivity contribution in [2.45, 2.75) is 13.8 Å². The first kappa shape index (κ1) is 12.7. The summed E-state index contributed by atoms with van der Waals surface area (Å²) in [5, 5.41) is 0. The molecule has 0 aliphatic carbocycles. The van der Waals surface area contributed by atoms with Gasteiger partial charge in [0.1, 0.15) is 0 Å². The van der Waals surface area contributed by atoms with Crippen LogP contribution in [-0.2, 0) is 0 Å². The summed E-state index contributed by atoms with van der Waals surface area (Å²) in [5.74, 6) is 0. The lowest BCUT2D eigenvalue weighted by Gasteiger charge is -2.00. The maximum absolute atomic E-state index is 5.40. The van der Waals surface area contributed by atoms with Crippen molar-refractivity contribution in [2.24, 2.45) is 0 Å². The molecule has 0 aliphatic heterocycles. The molecule has 0 heterocycles. The van der Waals surface area contributed by atoms with Gasteiger partial charge in [-0.15, -0.1) is 0 Å². The van der Waals surface area contributed by atoms with Gasteiger partial charge in [0, 0.05) is 4.86 Å². The van der Waals surface area contributed by atoms with E-state index in [9.17, 15) is 0 Å². The van der Waals surface area contributed by atoms with Gasteiger partial charge in [0.15, 0.2) is 0 Å². The second-order valence-corrected chi connectivity index (χ2v) is 4.91. The van der Waals surface area contributed by atoms with Crippen LogP contribution in [0.2, 0.25) is 0 Å². The number of hydrogen-bond acceptors (Lipinski definition) is 1. The Labute approximate surface area is 114 Å². The molecule has 0 unspecified atom stereocenters. The molecule has 0 radical (unpaired) electrons. The third kappa shape index (κ3) is 3.38. The number of allylic oxidation sites excluding steroid dienone is 1. The van der Waals surface area contributed by atoms with Crippen molar-refractivity contribution >= 4 is 23.2 Å². The zero-order chi connectivity index (χ0) is 13.0. The molecule has 0 amide bonds. The minimum atomic E-state index is 0.871. The Morgan fingerprint density at radius 1 is 0.833 bits per heavy atom. The van der Waals surface area contributed by atoms with E-state index in [1.165, 1.54) is 16.7 Å². The number of thiocarbonyl (C=S) groups is 1. The molecule has 2 aromatic carbocycles. The van der Waals surface area contributed by atoms with Crippen LogP contribution in [0, 0.1) is 13.8 Å². The summed E-state index contributed by atoms with van der Waals surface area (Å²) in [5.41, 5.74) is 4.80. The van der Waals surface area contributed by atoms with Crippen LogP contribution in [0.3, 0.4) is 0 Å². The van der Waals surface area contributed by atoms with Crippen molar-refractivity contribution in [3.8, 4) is 0 Å². The van der Waals surface area contributed by atoms with Gasteiger partial charge < -0.3 is 0 Å². The van der Waals surface area contributed by atoms with Gasteiger partial charge in [-0.1, -0.05) is 78.0 Å². The van der Waals surface area contributed by atoms with Crippen LogP contribution in [0.25, 0.3) is 6.08 Å². The standard InChI is InChI=1S/C17H16S/c1-13-3-7-15(8-4-13)9-12-17(18)16-10-5-14(2)6-11-16/h3-12H,1-2H3. The Hall–Kier alpha value is -1.73. The first-order valence-electron chi connectivity index (χ1n) is 6.01. The average molecular weight is 252 g/mol. The molecule has 0 spiro atoms. The molecule has 18 heavy (non-hydrogen) atoms. The van der Waals surface area contributed by atoms with Crippen LogP contribution in [0.5, 0.6) is 0 Å². The number of aryl methyl sites for hydroxylation is 2. The molecule has 1 heteroatoms. The van der Waals surface area contributed by atoms with Gasteiger partial charge in [-0.2, -0.15) is 0 Å². The van der Waals surface area contributed by atoms with E-state index < -0.39 is 0 Å². The number of rotatable bonds is 3. The summed E-state index contributed by atoms with van der Waals surface area (Å²) in [6.45, 7) is 4.17. The number of benzene rings is 2. The molecule has 0 atom stereocenters. The van der Waals surface area contributed by atoms with Crippen LogP contribution in [0.4, 0.5) is 0 Å². The smallest absolute Gasteiger partial charge is 0.0449 e. The fourth-order valence-electron chi connectivity index (χ4n) is 1.66. The molecule has 0 aliphatic rings. The summed E-state index contributed by atoms with van der Waals surface area (Å²) in [6.07, 6.45) is 4.05. The summed E-state index contributed by atoms with van der Waals surface area (Å²) >= 11 is 5.40. The Morgan fingerprint density at radius 3 is 1.89 bits per heavy atom. The molecule has 2 rings (SSSR count). The van der Waals surface area contributed by atoms with Gasteiger partial charge in [0.25, 0.3) is 0 Å². The Kier molecular flexibility index (Phi) is 4.06. The maximum atomic E-state index is 5.40. The Balaban J connectivity index is 2.11. The summed E-state index contributed by atoms with van der Waals surface area (Å²) in [4.78, 5) is 0.871. The second kappa shape index (κ2) is 5.74. The highest BCUT2D eigenvalue weighted by Crippen LogP contribution is 2.09. The van der Waals surface area contributed by atoms with Crippen molar-refractivity contribution in [1.29, 1.82) is 0 Å². The van der Waals surface area contributed by atoms with E-state index in [0.717, 1.165) is 10.4 Å². The van der Waals surface area contributed by atoms with Crippen LogP contribution in [-0.4, -0.2) is 4.86 Å². The average Bonchev–Trinajstić information content (AvgIpc) is 2.38. The van der Waals surface area contributed by atoms with Gasteiger partial charge in [-0.25, -0.2) is 0 Å². The minimum Gasteiger partial charge on any atom is -0.0795 e. The zero-order valence-electron chi connectivity index (χ0n) is 10.7. The van der Waals surface area contributed by atoms with Crippen LogP contribution in [0.1, 0.15) is 22.3 Å². The molecular formula is C17H16S. The lowest BCUT2D eigenvalue weighted by molar-refractivity contribution is 1.46. The molecule has 0 nitrogen and oxygen atoms in total. The van der Waals surface area contributed by atoms with E-state index in [2.05, 4.69) is 68.5 Å². The van der Waals surface area contributed by atoms with Gasteiger partial charge in [-0.05, 0) is 31.1 Å². The number of hydrogen-bond donors (Lipinski definition) is 0. The second-order valence-electron chi connectivity index (χ2n) is 4.47. The summed E-state index contributed by atoms with van der Waals surface area (Å²) < 4.78 is 0. The molecular weight excluding hydrogens is 236 g/mol. The highest BCUT2D eigenvalue weighted by Gasteiger charge is 1.96. The van der Waals surface area contributed by atoms with Crippen molar-refractivity contribution in [1.82, 2.24) is 0 Å². The fraction of sp³-hybridized carbons (Fsp3) is 0.118. The monoisotopic (exact) mass is 252 g/mol. The van der Waals surface area contributed by atoms with Crippen molar-refractivity contribution < 1.29 is 0 Å². The third-order valence-electron chi connectivity index (χ3n) is 2.84. The fourth-order valence-corrected chi connectivity index (χ4v) is 1.87. The van der Waals surface area contributed by atoms with Gasteiger partial charge >= 0.3 is 0 Å². The predicted molar refractivity (Wildman–Crippen MR) is 83.1 cm³/mol. The van der Waals surface area contributed by atoms with E-state index in [1.54, 1.807) is 0 Å². The largest absolute Gasteiger partial charge is 0.0795 e. The van der Waals surface area contributed by atoms with Crippen molar-refractivity contribution in [3.05, 3.63) is 76.9 Å². The molecule has 0 saturated carbocycles. The lowest BCUT2D eigenvalue weighted by atomic mass is 10.1. The van der Waals surface area contributed by atoms with Crippen LogP contribution < -0.4 is 0 Å². The SMILES string of the molecule is Cc1ccc(C=CC(=S)c2ccc(C)cc2)cc1. The molecule has 0 bridgehead atoms. The first-order valence-corrected chi connectivity index (χ1v) is 6.42. The quantitative estimate of drug-likeness (QED) is 0.432. The molecule has 0 fully saturated rings. The van der Waals surface area contributed by atoms with E-state index >= 15 is 0 Å². The summed E-state index contributed by atoms with van der Waals surface area (Å²) in [7, 11) is 0. The van der Waals surface area contributed by atoms with E-state index in [0.29, 0.717) is 0 Å². The lowest BCUT2D eigenvalue weighted by Crippen LogP contribution is -1.91. The highest BCUT2D eigenvalue weighted by molar-refractivity contribution is 7.81. The predicted octanol–water partition coefficient (Wildman–Crippen LogP) is 4.73. The highest BCUT2D eigenvalue weighted by atomic mass is 32.1. The van der Waals surface area contributed by atoms with Gasteiger partial charge in [0.2, 0.25) is 0 Å². The summed E-state index contributed by atoms with van der Waals surface area (Å²) in [6, 6.07) is 16.7. The molecule has 0 N–H and O–H groups in total. The molecule has 90 valence electrons. The van der Waals surface area contributed by atoms with Gasteiger partial charge in [-0.3, -0.25) is 0 Å². The van der Waals surface area contributed by atoms with Crippen LogP contribution >= 0.6 is 12.2 Å².